The van der Waals surface area contributed by atoms with Crippen molar-refractivity contribution in [2.75, 3.05) is 25.3 Å². The van der Waals surface area contributed by atoms with Gasteiger partial charge in [-0.05, 0) is 0 Å². The van der Waals surface area contributed by atoms with E-state index in [9.17, 15) is 0 Å². The normalized spacial score (nSPS) is 8.89. The lowest BCUT2D eigenvalue weighted by atomic mass is 10.7. The Morgan fingerprint density at radius 2 is 2.00 bits per heavy atom. The first-order valence-electron chi connectivity index (χ1n) is 2.56. The highest BCUT2D eigenvalue weighted by molar-refractivity contribution is 9.09. The second-order valence-corrected chi connectivity index (χ2v) is 1.73. The number of terminal acetylenes is 1. The van der Waals surface area contributed by atoms with E-state index in [1.54, 1.807) is 0 Å². The maximum atomic E-state index is 4.92. The van der Waals surface area contributed by atoms with Crippen LogP contribution < -0.4 is 0 Å². The average Bonchev–Trinajstić information content (AvgIpc) is 1.89. The third-order valence-corrected chi connectivity index (χ3v) is 0.958. The van der Waals surface area contributed by atoms with Gasteiger partial charge in [0.1, 0.15) is 12.1 Å². The van der Waals surface area contributed by atoms with Crippen molar-refractivity contribution in [3.8, 4) is 12.3 Å². The number of alkyl halides is 1. The Morgan fingerprint density at radius 1 is 1.33 bits per heavy atom. The van der Waals surface area contributed by atoms with Gasteiger partial charge in [0.2, 0.25) is 0 Å². The second kappa shape index (κ2) is 7.96. The highest BCUT2D eigenvalue weighted by Crippen LogP contribution is 1.82. The van der Waals surface area contributed by atoms with Gasteiger partial charge in [-0.1, -0.05) is 21.9 Å². The maximum Gasteiger partial charge on any atom is 0.107 e. The summed E-state index contributed by atoms with van der Waals surface area (Å²) >= 11 is 3.10. The van der Waals surface area contributed by atoms with Gasteiger partial charge in [-0.3, -0.25) is 0 Å². The molecule has 0 aliphatic rings. The minimum Gasteiger partial charge on any atom is -0.368 e. The van der Waals surface area contributed by atoms with Crippen LogP contribution in [-0.2, 0) is 9.47 Å². The first-order valence-corrected chi connectivity index (χ1v) is 3.69. The Bertz CT molecular complexity index is 87.5. The molecule has 0 aromatic carbocycles. The predicted molar refractivity (Wildman–Crippen MR) is 39.4 cm³/mol. The Hall–Kier alpha value is -0.0400. The molecule has 0 spiro atoms. The van der Waals surface area contributed by atoms with Crippen molar-refractivity contribution in [3.63, 3.8) is 0 Å². The van der Waals surface area contributed by atoms with E-state index >= 15 is 0 Å². The molecule has 0 saturated carbocycles. The molecule has 0 N–H and O–H groups in total. The van der Waals surface area contributed by atoms with Crippen molar-refractivity contribution >= 4 is 15.9 Å². The molecule has 0 heterocycles. The molecule has 0 saturated heterocycles. The van der Waals surface area contributed by atoms with Gasteiger partial charge >= 0.3 is 0 Å². The molecule has 0 radical (unpaired) electrons. The molecule has 0 fully saturated rings. The Labute approximate surface area is 63.7 Å². The van der Waals surface area contributed by atoms with Crippen LogP contribution in [0.1, 0.15) is 0 Å². The third-order valence-electron chi connectivity index (χ3n) is 0.635. The van der Waals surface area contributed by atoms with Crippen LogP contribution in [0.25, 0.3) is 0 Å². The predicted octanol–water partition coefficient (Wildman–Crippen LogP) is 1.01. The molecular weight excluding hydrogens is 184 g/mol. The molecule has 52 valence electrons. The van der Waals surface area contributed by atoms with Crippen molar-refractivity contribution in [1.82, 2.24) is 0 Å². The molecule has 9 heavy (non-hydrogen) atoms. The van der Waals surface area contributed by atoms with Gasteiger partial charge in [0, 0.05) is 0 Å². The van der Waals surface area contributed by atoms with Crippen LogP contribution in [0.4, 0.5) is 0 Å². The van der Waals surface area contributed by atoms with E-state index in [0.29, 0.717) is 25.3 Å². The summed E-state index contributed by atoms with van der Waals surface area (Å²) in [6.45, 7) is 1.52. The van der Waals surface area contributed by atoms with Crippen LogP contribution in [-0.4, -0.2) is 25.3 Å². The smallest absolute Gasteiger partial charge is 0.107 e. The standard InChI is InChI=1S/C6H9BrO2/c1-2-3-8-4-5-9-6-7/h1H,3-6H2. The molecule has 0 unspecified atom stereocenters. The van der Waals surface area contributed by atoms with Crippen molar-refractivity contribution in [2.45, 2.75) is 0 Å². The monoisotopic (exact) mass is 192 g/mol. The number of hydrogen-bond donors (Lipinski definition) is 0. The van der Waals surface area contributed by atoms with Crippen molar-refractivity contribution in [3.05, 3.63) is 0 Å². The summed E-state index contributed by atoms with van der Waals surface area (Å²) < 4.78 is 9.81. The maximum absolute atomic E-state index is 4.92. The molecule has 0 aliphatic carbocycles. The summed E-state index contributed by atoms with van der Waals surface area (Å²) in [5.74, 6) is 2.36. The van der Waals surface area contributed by atoms with Crippen LogP contribution in [0.15, 0.2) is 0 Å². The minimum absolute atomic E-state index is 0.367. The highest BCUT2D eigenvalue weighted by Gasteiger charge is 1.83. The zero-order valence-corrected chi connectivity index (χ0v) is 6.69. The van der Waals surface area contributed by atoms with E-state index in [-0.39, 0.29) is 0 Å². The summed E-state index contributed by atoms with van der Waals surface area (Å²) in [5, 5.41) is 0. The minimum atomic E-state index is 0.367. The van der Waals surface area contributed by atoms with E-state index in [1.165, 1.54) is 0 Å². The molecule has 0 bridgehead atoms. The molecule has 0 aromatic rings. The van der Waals surface area contributed by atoms with Crippen molar-refractivity contribution in [2.24, 2.45) is 0 Å². The fourth-order valence-electron chi connectivity index (χ4n) is 0.303. The quantitative estimate of drug-likeness (QED) is 0.368. The fraction of sp³-hybridized carbons (Fsp3) is 0.667. The van der Waals surface area contributed by atoms with Crippen molar-refractivity contribution < 1.29 is 9.47 Å². The van der Waals surface area contributed by atoms with E-state index in [4.69, 9.17) is 15.9 Å². The summed E-state index contributed by atoms with van der Waals surface area (Å²) in [7, 11) is 0. The number of rotatable bonds is 5. The molecule has 0 aliphatic heterocycles. The van der Waals surface area contributed by atoms with E-state index in [1.807, 2.05) is 0 Å². The van der Waals surface area contributed by atoms with Crippen LogP contribution in [0.2, 0.25) is 0 Å². The zero-order valence-electron chi connectivity index (χ0n) is 5.10. The molecule has 0 aromatic heterocycles. The lowest BCUT2D eigenvalue weighted by Crippen LogP contribution is -2.02. The summed E-state index contributed by atoms with van der Waals surface area (Å²) in [4.78, 5) is 0. The van der Waals surface area contributed by atoms with Gasteiger partial charge in [-0.2, -0.15) is 0 Å². The molecule has 2 nitrogen and oxygen atoms in total. The average molecular weight is 193 g/mol. The number of hydrogen-bond acceptors (Lipinski definition) is 2. The Kier molecular flexibility index (Phi) is 7.92. The summed E-state index contributed by atoms with van der Waals surface area (Å²) in [5.41, 5.74) is 0.548. The molecular formula is C6H9BrO2. The third kappa shape index (κ3) is 7.96. The first kappa shape index (κ1) is 8.96. The summed E-state index contributed by atoms with van der Waals surface area (Å²) in [6, 6.07) is 0. The lowest BCUT2D eigenvalue weighted by molar-refractivity contribution is 0.0829. The van der Waals surface area contributed by atoms with Gasteiger partial charge in [0.25, 0.3) is 0 Å². The highest BCUT2D eigenvalue weighted by atomic mass is 79.9. The van der Waals surface area contributed by atoms with Crippen LogP contribution in [0.5, 0.6) is 0 Å². The Balaban J connectivity index is 2.69. The summed E-state index contributed by atoms with van der Waals surface area (Å²) in [6.07, 6.45) is 4.92. The fourth-order valence-corrected chi connectivity index (χ4v) is 0.532. The van der Waals surface area contributed by atoms with E-state index < -0.39 is 0 Å². The lowest BCUT2D eigenvalue weighted by Gasteiger charge is -1.98. The molecule has 0 rings (SSSR count). The molecule has 3 heteroatoms. The molecule has 0 atom stereocenters. The van der Waals surface area contributed by atoms with Crippen molar-refractivity contribution in [1.29, 1.82) is 0 Å². The Morgan fingerprint density at radius 3 is 2.56 bits per heavy atom. The van der Waals surface area contributed by atoms with Gasteiger partial charge in [0.15, 0.2) is 0 Å². The molecule has 0 amide bonds. The van der Waals surface area contributed by atoms with Crippen LogP contribution in [0.3, 0.4) is 0 Å². The topological polar surface area (TPSA) is 18.5 Å². The van der Waals surface area contributed by atoms with E-state index in [2.05, 4.69) is 21.9 Å². The number of ether oxygens (including phenoxy) is 2. The zero-order chi connectivity index (χ0) is 6.95. The number of halogens is 1. The largest absolute Gasteiger partial charge is 0.368 e. The van der Waals surface area contributed by atoms with E-state index in [0.717, 1.165) is 0 Å². The van der Waals surface area contributed by atoms with Crippen LogP contribution >= 0.6 is 15.9 Å². The first-order chi connectivity index (χ1) is 4.41. The van der Waals surface area contributed by atoms with Crippen LogP contribution in [0, 0.1) is 12.3 Å². The second-order valence-electron chi connectivity index (χ2n) is 1.27. The van der Waals surface area contributed by atoms with Gasteiger partial charge in [-0.25, -0.2) is 0 Å². The van der Waals surface area contributed by atoms with Gasteiger partial charge in [0.05, 0.1) is 13.2 Å². The SMILES string of the molecule is C#CCOCCOCBr. The van der Waals surface area contributed by atoms with Gasteiger partial charge in [-0.15, -0.1) is 6.42 Å². The van der Waals surface area contributed by atoms with Gasteiger partial charge < -0.3 is 9.47 Å².